The van der Waals surface area contributed by atoms with Gasteiger partial charge in [-0.3, -0.25) is 0 Å². The predicted molar refractivity (Wildman–Crippen MR) is 72.1 cm³/mol. The summed E-state index contributed by atoms with van der Waals surface area (Å²) < 4.78 is 37.8. The van der Waals surface area contributed by atoms with Crippen LogP contribution < -0.4 is 5.32 Å². The Balaban J connectivity index is 2.42. The Morgan fingerprint density at radius 1 is 1.11 bits per heavy atom. The maximum absolute atomic E-state index is 12.6. The quantitative estimate of drug-likeness (QED) is 0.831. The predicted octanol–water partition coefficient (Wildman–Crippen LogP) is 3.28. The van der Waals surface area contributed by atoms with E-state index in [0.717, 1.165) is 6.54 Å². The van der Waals surface area contributed by atoms with E-state index < -0.39 is 12.1 Å². The summed E-state index contributed by atoms with van der Waals surface area (Å²) in [5, 5.41) is 3.55. The fourth-order valence-corrected chi connectivity index (χ4v) is 2.74. The summed E-state index contributed by atoms with van der Waals surface area (Å²) in [4.78, 5) is 2.12. The molecule has 0 spiro atoms. The van der Waals surface area contributed by atoms with E-state index in [-0.39, 0.29) is 18.9 Å². The molecule has 0 radical (unpaired) electrons. The lowest BCUT2D eigenvalue weighted by Crippen LogP contribution is -2.48. The zero-order chi connectivity index (χ0) is 14.6. The molecule has 114 valence electrons. The Morgan fingerprint density at radius 3 is 2.00 bits per heavy atom. The summed E-state index contributed by atoms with van der Waals surface area (Å²) in [6.07, 6.45) is -2.18. The first-order chi connectivity index (χ1) is 8.70. The third-order valence-corrected chi connectivity index (χ3v) is 4.01. The Morgan fingerprint density at radius 2 is 1.63 bits per heavy atom. The molecule has 0 aromatic carbocycles. The number of likely N-dealkylation sites (N-methyl/N-ethyl adjacent to an activating group) is 1. The van der Waals surface area contributed by atoms with Crippen LogP contribution in [0.15, 0.2) is 0 Å². The minimum absolute atomic E-state index is 0.242. The van der Waals surface area contributed by atoms with Crippen LogP contribution in [0.2, 0.25) is 0 Å². The summed E-state index contributed by atoms with van der Waals surface area (Å²) in [5.74, 6) is -0.598. The molecule has 2 nitrogen and oxygen atoms in total. The summed E-state index contributed by atoms with van der Waals surface area (Å²) in [7, 11) is 4.05. The molecular weight excluding hydrogens is 253 g/mol. The van der Waals surface area contributed by atoms with Crippen molar-refractivity contribution < 1.29 is 13.2 Å². The van der Waals surface area contributed by atoms with E-state index in [4.69, 9.17) is 0 Å². The highest BCUT2D eigenvalue weighted by molar-refractivity contribution is 4.84. The minimum Gasteiger partial charge on any atom is -0.310 e. The number of nitrogens with one attached hydrogen (secondary N) is 1. The molecule has 0 aliphatic heterocycles. The normalized spacial score (nSPS) is 27.0. The van der Waals surface area contributed by atoms with Gasteiger partial charge in [-0.25, -0.2) is 0 Å². The summed E-state index contributed by atoms with van der Waals surface area (Å²) in [6.45, 7) is 5.24. The fourth-order valence-electron chi connectivity index (χ4n) is 2.74. The molecule has 0 bridgehead atoms. The Labute approximate surface area is 114 Å². The van der Waals surface area contributed by atoms with Crippen molar-refractivity contribution in [2.24, 2.45) is 11.8 Å². The first kappa shape index (κ1) is 16.8. The molecule has 1 rings (SSSR count). The molecule has 1 unspecified atom stereocenters. The molecule has 0 amide bonds. The molecule has 5 heteroatoms. The highest BCUT2D eigenvalue weighted by Gasteiger charge is 2.41. The summed E-state index contributed by atoms with van der Waals surface area (Å²) >= 11 is 0. The van der Waals surface area contributed by atoms with E-state index in [1.54, 1.807) is 0 Å². The Hall–Kier alpha value is -0.290. The van der Waals surface area contributed by atoms with E-state index >= 15 is 0 Å². The zero-order valence-electron chi connectivity index (χ0n) is 12.4. The zero-order valence-corrected chi connectivity index (χ0v) is 12.4. The molecule has 19 heavy (non-hydrogen) atoms. The van der Waals surface area contributed by atoms with Crippen LogP contribution in [0.3, 0.4) is 0 Å². The Bertz CT molecular complexity index is 256. The monoisotopic (exact) mass is 280 g/mol. The van der Waals surface area contributed by atoms with Crippen LogP contribution >= 0.6 is 0 Å². The second-order valence-electron chi connectivity index (χ2n) is 6.37. The number of alkyl halides is 3. The van der Waals surface area contributed by atoms with Gasteiger partial charge >= 0.3 is 6.18 Å². The van der Waals surface area contributed by atoms with Crippen LogP contribution in [0.25, 0.3) is 0 Å². The van der Waals surface area contributed by atoms with Gasteiger partial charge in [0.1, 0.15) is 0 Å². The average Bonchev–Trinajstić information content (AvgIpc) is 2.27. The number of nitrogens with zero attached hydrogens (tertiary/aromatic N) is 1. The van der Waals surface area contributed by atoms with Crippen molar-refractivity contribution in [3.8, 4) is 0 Å². The fraction of sp³-hybridized carbons (Fsp3) is 1.00. The van der Waals surface area contributed by atoms with E-state index in [9.17, 15) is 13.2 Å². The van der Waals surface area contributed by atoms with Gasteiger partial charge in [0, 0.05) is 18.6 Å². The molecule has 1 aliphatic rings. The van der Waals surface area contributed by atoms with Crippen molar-refractivity contribution in [1.29, 1.82) is 0 Å². The first-order valence-electron chi connectivity index (χ1n) is 7.17. The second-order valence-corrected chi connectivity index (χ2v) is 6.37. The van der Waals surface area contributed by atoms with Crippen LogP contribution in [-0.2, 0) is 0 Å². The van der Waals surface area contributed by atoms with E-state index in [2.05, 4.69) is 24.1 Å². The molecule has 0 saturated heterocycles. The smallest absolute Gasteiger partial charge is 0.310 e. The molecule has 0 heterocycles. The van der Waals surface area contributed by atoms with Gasteiger partial charge in [0.15, 0.2) is 0 Å². The van der Waals surface area contributed by atoms with Gasteiger partial charge in [-0.2, -0.15) is 13.2 Å². The first-order valence-corrected chi connectivity index (χ1v) is 7.17. The second kappa shape index (κ2) is 6.93. The van der Waals surface area contributed by atoms with Crippen LogP contribution in [-0.4, -0.2) is 43.8 Å². The van der Waals surface area contributed by atoms with Gasteiger partial charge in [-0.05, 0) is 45.7 Å². The highest BCUT2D eigenvalue weighted by atomic mass is 19.4. The standard InChI is InChI=1S/C14H27F3N2/c1-10(2)13(9-19(3)4)18-12-7-5-11(6-8-12)14(15,16)17/h10-13,18H,5-9H2,1-4H3. The van der Waals surface area contributed by atoms with Gasteiger partial charge in [0.2, 0.25) is 0 Å². The average molecular weight is 280 g/mol. The molecule has 0 aromatic heterocycles. The van der Waals surface area contributed by atoms with Gasteiger partial charge in [0.05, 0.1) is 5.92 Å². The van der Waals surface area contributed by atoms with Gasteiger partial charge in [0.25, 0.3) is 0 Å². The van der Waals surface area contributed by atoms with Crippen molar-refractivity contribution in [3.63, 3.8) is 0 Å². The largest absolute Gasteiger partial charge is 0.391 e. The van der Waals surface area contributed by atoms with Crippen molar-refractivity contribution in [1.82, 2.24) is 10.2 Å². The molecular formula is C14H27F3N2. The third kappa shape index (κ3) is 5.69. The summed E-state index contributed by atoms with van der Waals surface area (Å²) in [6, 6.07) is 0.591. The SMILES string of the molecule is CC(C)C(CN(C)C)NC1CCC(C(F)(F)F)CC1. The van der Waals surface area contributed by atoms with Crippen LogP contribution in [0.5, 0.6) is 0 Å². The number of hydrogen-bond donors (Lipinski definition) is 1. The van der Waals surface area contributed by atoms with Crippen LogP contribution in [0, 0.1) is 11.8 Å². The van der Waals surface area contributed by atoms with Crippen molar-refractivity contribution in [2.45, 2.75) is 57.8 Å². The molecule has 1 atom stereocenters. The lowest BCUT2D eigenvalue weighted by atomic mass is 9.85. The van der Waals surface area contributed by atoms with Crippen molar-refractivity contribution in [2.75, 3.05) is 20.6 Å². The van der Waals surface area contributed by atoms with Gasteiger partial charge < -0.3 is 10.2 Å². The topological polar surface area (TPSA) is 15.3 Å². The van der Waals surface area contributed by atoms with Crippen LogP contribution in [0.1, 0.15) is 39.5 Å². The maximum Gasteiger partial charge on any atom is 0.391 e. The molecule has 0 aromatic rings. The van der Waals surface area contributed by atoms with Gasteiger partial charge in [-0.1, -0.05) is 13.8 Å². The van der Waals surface area contributed by atoms with Crippen LogP contribution in [0.4, 0.5) is 13.2 Å². The van der Waals surface area contributed by atoms with E-state index in [0.29, 0.717) is 24.8 Å². The number of halogens is 3. The van der Waals surface area contributed by atoms with E-state index in [1.165, 1.54) is 0 Å². The molecule has 1 saturated carbocycles. The number of rotatable bonds is 5. The van der Waals surface area contributed by atoms with Crippen molar-refractivity contribution in [3.05, 3.63) is 0 Å². The Kier molecular flexibility index (Phi) is 6.12. The van der Waals surface area contributed by atoms with E-state index in [1.807, 2.05) is 14.1 Å². The third-order valence-electron chi connectivity index (χ3n) is 4.01. The summed E-state index contributed by atoms with van der Waals surface area (Å²) in [5.41, 5.74) is 0. The number of hydrogen-bond acceptors (Lipinski definition) is 2. The molecule has 1 fully saturated rings. The molecule has 1 aliphatic carbocycles. The minimum atomic E-state index is -4.01. The molecule has 1 N–H and O–H groups in total. The highest BCUT2D eigenvalue weighted by Crippen LogP contribution is 2.37. The van der Waals surface area contributed by atoms with Crippen molar-refractivity contribution >= 4 is 0 Å². The lowest BCUT2D eigenvalue weighted by molar-refractivity contribution is -0.182. The lowest BCUT2D eigenvalue weighted by Gasteiger charge is -2.35. The maximum atomic E-state index is 12.6. The van der Waals surface area contributed by atoms with Gasteiger partial charge in [-0.15, -0.1) is 0 Å².